The first-order valence-corrected chi connectivity index (χ1v) is 8.49. The topological polar surface area (TPSA) is 74.7 Å². The van der Waals surface area contributed by atoms with Gasteiger partial charge in [0.05, 0.1) is 11.5 Å². The van der Waals surface area contributed by atoms with Gasteiger partial charge in [0, 0.05) is 12.6 Å². The minimum Gasteiger partial charge on any atom is -0.480 e. The monoisotopic (exact) mass is 273 g/mol. The Kier molecular flexibility index (Phi) is 2.90. The highest BCUT2D eigenvalue weighted by Gasteiger charge is 2.51. The number of fused-ring (bicyclic) bond motifs is 1. The van der Waals surface area contributed by atoms with Gasteiger partial charge in [0.25, 0.3) is 0 Å². The van der Waals surface area contributed by atoms with E-state index >= 15 is 0 Å². The Morgan fingerprint density at radius 1 is 1.22 bits per heavy atom. The number of carboxylic acids is 1. The van der Waals surface area contributed by atoms with Gasteiger partial charge in [0.15, 0.2) is 9.84 Å². The molecular formula is C12H19NO4S. The summed E-state index contributed by atoms with van der Waals surface area (Å²) in [7, 11) is -2.94. The summed E-state index contributed by atoms with van der Waals surface area (Å²) in [6.45, 7) is 0.780. The molecule has 4 unspecified atom stereocenters. The third kappa shape index (κ3) is 1.95. The van der Waals surface area contributed by atoms with Crippen molar-refractivity contribution < 1.29 is 18.3 Å². The highest BCUT2D eigenvalue weighted by Crippen LogP contribution is 2.44. The Balaban J connectivity index is 1.82. The summed E-state index contributed by atoms with van der Waals surface area (Å²) in [6.07, 6.45) is 3.81. The second kappa shape index (κ2) is 4.20. The van der Waals surface area contributed by atoms with Gasteiger partial charge in [-0.15, -0.1) is 0 Å². The van der Waals surface area contributed by atoms with E-state index in [1.807, 2.05) is 4.90 Å². The molecule has 3 fully saturated rings. The van der Waals surface area contributed by atoms with Crippen LogP contribution in [0, 0.1) is 11.8 Å². The average molecular weight is 273 g/mol. The summed E-state index contributed by atoms with van der Waals surface area (Å²) in [6, 6.07) is -0.516. The Morgan fingerprint density at radius 2 is 2.00 bits per heavy atom. The van der Waals surface area contributed by atoms with Crippen LogP contribution in [0.5, 0.6) is 0 Å². The lowest BCUT2D eigenvalue weighted by molar-refractivity contribution is -0.144. The van der Waals surface area contributed by atoms with E-state index in [0.717, 1.165) is 25.8 Å². The molecule has 1 N–H and O–H groups in total. The fourth-order valence-electron chi connectivity index (χ4n) is 4.08. The Hall–Kier alpha value is -0.620. The molecule has 6 heteroatoms. The quantitative estimate of drug-likeness (QED) is 0.786. The third-order valence-corrected chi connectivity index (χ3v) is 6.61. The summed E-state index contributed by atoms with van der Waals surface area (Å²) >= 11 is 0. The van der Waals surface area contributed by atoms with Crippen LogP contribution in [0.3, 0.4) is 0 Å². The minimum atomic E-state index is -2.94. The second-order valence-corrected chi connectivity index (χ2v) is 8.12. The van der Waals surface area contributed by atoms with Crippen molar-refractivity contribution in [2.45, 2.75) is 37.8 Å². The molecule has 2 heterocycles. The molecule has 18 heavy (non-hydrogen) atoms. The highest BCUT2D eigenvalue weighted by molar-refractivity contribution is 7.91. The second-order valence-electron chi connectivity index (χ2n) is 5.89. The number of hydrogen-bond acceptors (Lipinski definition) is 4. The first-order valence-electron chi connectivity index (χ1n) is 6.67. The van der Waals surface area contributed by atoms with Crippen LogP contribution in [-0.4, -0.2) is 54.5 Å². The SMILES string of the molecule is O=C(O)C1C2CCCC2CN1C1CCS(=O)(=O)C1. The zero-order valence-electron chi connectivity index (χ0n) is 10.3. The van der Waals surface area contributed by atoms with Crippen molar-refractivity contribution in [3.05, 3.63) is 0 Å². The van der Waals surface area contributed by atoms with Gasteiger partial charge in [-0.2, -0.15) is 0 Å². The average Bonchev–Trinajstić information content (AvgIpc) is 2.88. The molecule has 4 atom stereocenters. The highest BCUT2D eigenvalue weighted by atomic mass is 32.2. The molecule has 0 spiro atoms. The lowest BCUT2D eigenvalue weighted by Crippen LogP contribution is -2.46. The minimum absolute atomic E-state index is 0.0679. The van der Waals surface area contributed by atoms with E-state index in [1.165, 1.54) is 0 Å². The molecule has 0 amide bonds. The van der Waals surface area contributed by atoms with Crippen LogP contribution in [0.25, 0.3) is 0 Å². The van der Waals surface area contributed by atoms with Crippen LogP contribution in [0.4, 0.5) is 0 Å². The predicted molar refractivity (Wildman–Crippen MR) is 66.0 cm³/mol. The lowest BCUT2D eigenvalue weighted by atomic mass is 9.94. The molecule has 5 nitrogen and oxygen atoms in total. The molecule has 3 aliphatic rings. The molecule has 1 aliphatic carbocycles. The molecule has 0 aromatic rings. The van der Waals surface area contributed by atoms with Crippen molar-refractivity contribution in [3.8, 4) is 0 Å². The molecule has 0 bridgehead atoms. The van der Waals surface area contributed by atoms with Crippen LogP contribution >= 0.6 is 0 Å². The molecule has 0 aromatic heterocycles. The molecule has 102 valence electrons. The largest absolute Gasteiger partial charge is 0.480 e. The summed E-state index contributed by atoms with van der Waals surface area (Å²) in [5.41, 5.74) is 0. The van der Waals surface area contributed by atoms with Crippen LogP contribution in [0.2, 0.25) is 0 Å². The van der Waals surface area contributed by atoms with Crippen molar-refractivity contribution in [1.29, 1.82) is 0 Å². The van der Waals surface area contributed by atoms with E-state index in [9.17, 15) is 18.3 Å². The summed E-state index contributed by atoms with van der Waals surface area (Å²) in [5.74, 6) is 0.306. The van der Waals surface area contributed by atoms with Crippen molar-refractivity contribution in [2.24, 2.45) is 11.8 Å². The van der Waals surface area contributed by atoms with Crippen molar-refractivity contribution in [3.63, 3.8) is 0 Å². The Morgan fingerprint density at radius 3 is 2.61 bits per heavy atom. The fourth-order valence-corrected chi connectivity index (χ4v) is 5.82. The lowest BCUT2D eigenvalue weighted by Gasteiger charge is -2.29. The van der Waals surface area contributed by atoms with Crippen LogP contribution in [-0.2, 0) is 14.6 Å². The molecule has 1 saturated carbocycles. The smallest absolute Gasteiger partial charge is 0.321 e. The number of likely N-dealkylation sites (tertiary alicyclic amines) is 1. The molecule has 2 saturated heterocycles. The van der Waals surface area contributed by atoms with Crippen LogP contribution < -0.4 is 0 Å². The van der Waals surface area contributed by atoms with Gasteiger partial charge < -0.3 is 5.11 Å². The van der Waals surface area contributed by atoms with Gasteiger partial charge in [-0.1, -0.05) is 6.42 Å². The van der Waals surface area contributed by atoms with Gasteiger partial charge in [-0.25, -0.2) is 8.42 Å². The van der Waals surface area contributed by atoms with Crippen molar-refractivity contribution >= 4 is 15.8 Å². The van der Waals surface area contributed by atoms with Gasteiger partial charge in [-0.3, -0.25) is 9.69 Å². The number of hydrogen-bond donors (Lipinski definition) is 1. The maximum atomic E-state index is 11.5. The van der Waals surface area contributed by atoms with Gasteiger partial charge in [0.2, 0.25) is 0 Å². The number of carboxylic acid groups (broad SMARTS) is 1. The van der Waals surface area contributed by atoms with E-state index < -0.39 is 21.8 Å². The Bertz CT molecular complexity index is 461. The maximum Gasteiger partial charge on any atom is 0.321 e. The summed E-state index contributed by atoms with van der Waals surface area (Å²) in [4.78, 5) is 13.5. The van der Waals surface area contributed by atoms with Crippen molar-refractivity contribution in [2.75, 3.05) is 18.1 Å². The normalized spacial score (nSPS) is 43.1. The third-order valence-electron chi connectivity index (χ3n) is 4.86. The first-order chi connectivity index (χ1) is 8.48. The zero-order valence-corrected chi connectivity index (χ0v) is 11.1. The maximum absolute atomic E-state index is 11.5. The van der Waals surface area contributed by atoms with Crippen LogP contribution in [0.1, 0.15) is 25.7 Å². The number of carbonyl (C=O) groups is 1. The molecule has 0 aromatic carbocycles. The van der Waals surface area contributed by atoms with E-state index in [4.69, 9.17) is 0 Å². The first kappa shape index (κ1) is 12.4. The summed E-state index contributed by atoms with van der Waals surface area (Å²) in [5, 5.41) is 9.43. The van der Waals surface area contributed by atoms with Gasteiger partial charge in [0.1, 0.15) is 6.04 Å². The molecular weight excluding hydrogens is 254 g/mol. The van der Waals surface area contributed by atoms with Crippen LogP contribution in [0.15, 0.2) is 0 Å². The van der Waals surface area contributed by atoms with Gasteiger partial charge in [-0.05, 0) is 31.1 Å². The predicted octanol–water partition coefficient (Wildman–Crippen LogP) is 0.359. The van der Waals surface area contributed by atoms with E-state index in [2.05, 4.69) is 0 Å². The fraction of sp³-hybridized carbons (Fsp3) is 0.917. The molecule has 3 rings (SSSR count). The molecule has 0 radical (unpaired) electrons. The standard InChI is InChI=1S/C12H19NO4S/c14-12(15)11-10-3-1-2-8(10)6-13(11)9-4-5-18(16,17)7-9/h8-11H,1-7H2,(H,14,15). The summed E-state index contributed by atoms with van der Waals surface area (Å²) < 4.78 is 23.1. The number of aliphatic carboxylic acids is 1. The van der Waals surface area contributed by atoms with E-state index in [0.29, 0.717) is 12.3 Å². The van der Waals surface area contributed by atoms with E-state index in [1.54, 1.807) is 0 Å². The van der Waals surface area contributed by atoms with E-state index in [-0.39, 0.29) is 23.5 Å². The number of rotatable bonds is 2. The number of nitrogens with zero attached hydrogens (tertiary/aromatic N) is 1. The van der Waals surface area contributed by atoms with Gasteiger partial charge >= 0.3 is 5.97 Å². The van der Waals surface area contributed by atoms with Crippen molar-refractivity contribution in [1.82, 2.24) is 4.90 Å². The Labute approximate surface area is 107 Å². The zero-order chi connectivity index (χ0) is 12.9. The molecule has 2 aliphatic heterocycles. The number of sulfone groups is 1.